The third kappa shape index (κ3) is 5.61. The highest BCUT2D eigenvalue weighted by Crippen LogP contribution is 2.25. The number of nitrogens with zero attached hydrogens (tertiary/aromatic N) is 1. The maximum absolute atomic E-state index is 13.7. The number of benzene rings is 3. The van der Waals surface area contributed by atoms with E-state index in [2.05, 4.69) is 50.0 Å². The number of aromatic nitrogens is 1. The quantitative estimate of drug-likeness (QED) is 0.303. The van der Waals surface area contributed by atoms with E-state index in [9.17, 15) is 4.79 Å². The highest BCUT2D eigenvalue weighted by atomic mass is 35.5. The maximum atomic E-state index is 13.7. The van der Waals surface area contributed by atoms with Crippen molar-refractivity contribution in [3.8, 4) is 0 Å². The number of H-pyrrole nitrogens is 1. The van der Waals surface area contributed by atoms with Crippen LogP contribution < -0.4 is 0 Å². The maximum Gasteiger partial charge on any atom is 0.256 e. The second-order valence-corrected chi connectivity index (χ2v) is 10.3. The molecule has 0 saturated carbocycles. The van der Waals surface area contributed by atoms with E-state index < -0.39 is 0 Å². The number of amides is 1. The molecular formula is C28H28Cl2N2O. The lowest BCUT2D eigenvalue weighted by molar-refractivity contribution is 0.0747. The van der Waals surface area contributed by atoms with Gasteiger partial charge in [0.2, 0.25) is 0 Å². The number of rotatable bonds is 6. The fraction of sp³-hybridized carbons (Fsp3) is 0.250. The largest absolute Gasteiger partial charge is 0.361 e. The van der Waals surface area contributed by atoms with Crippen LogP contribution in [0.5, 0.6) is 0 Å². The van der Waals surface area contributed by atoms with Crippen LogP contribution in [0.1, 0.15) is 47.8 Å². The summed E-state index contributed by atoms with van der Waals surface area (Å²) in [6, 6.07) is 21.9. The van der Waals surface area contributed by atoms with Crippen LogP contribution in [0.15, 0.2) is 72.9 Å². The second kappa shape index (κ2) is 9.62. The van der Waals surface area contributed by atoms with Crippen molar-refractivity contribution in [2.75, 3.05) is 6.54 Å². The molecule has 0 atom stereocenters. The standard InChI is InChI=1S/C28H28Cl2N2O/c1-28(2,3)22-9-7-19(8-10-22)18-32(14-12-20-15-23(29)17-24(30)16-20)27(33)25-6-4-5-21-11-13-31-26(21)25/h4-11,13,15-17,31H,12,14,18H2,1-3H3. The lowest BCUT2D eigenvalue weighted by atomic mass is 9.87. The Bertz CT molecular complexity index is 1250. The minimum Gasteiger partial charge on any atom is -0.361 e. The van der Waals surface area contributed by atoms with Crippen LogP contribution in [0.2, 0.25) is 10.0 Å². The molecule has 1 aromatic heterocycles. The van der Waals surface area contributed by atoms with Crippen LogP contribution in [0.4, 0.5) is 0 Å². The monoisotopic (exact) mass is 478 g/mol. The molecule has 0 aliphatic carbocycles. The SMILES string of the molecule is CC(C)(C)c1ccc(CN(CCc2cc(Cl)cc(Cl)c2)C(=O)c2cccc3cc[nH]c23)cc1. The molecule has 3 aromatic carbocycles. The Morgan fingerprint density at radius 3 is 2.27 bits per heavy atom. The highest BCUT2D eigenvalue weighted by Gasteiger charge is 2.20. The van der Waals surface area contributed by atoms with Crippen LogP contribution in [0, 0.1) is 0 Å². The molecule has 0 unspecified atom stereocenters. The van der Waals surface area contributed by atoms with Crippen molar-refractivity contribution in [2.45, 2.75) is 39.2 Å². The minimum absolute atomic E-state index is 0.00364. The van der Waals surface area contributed by atoms with Crippen molar-refractivity contribution in [3.05, 3.63) is 105 Å². The minimum atomic E-state index is -0.00364. The first-order valence-electron chi connectivity index (χ1n) is 11.1. The molecule has 33 heavy (non-hydrogen) atoms. The van der Waals surface area contributed by atoms with Crippen molar-refractivity contribution < 1.29 is 4.79 Å². The summed E-state index contributed by atoms with van der Waals surface area (Å²) in [5.41, 5.74) is 5.00. The summed E-state index contributed by atoms with van der Waals surface area (Å²) in [6.45, 7) is 7.67. The highest BCUT2D eigenvalue weighted by molar-refractivity contribution is 6.34. The molecule has 0 radical (unpaired) electrons. The first-order chi connectivity index (χ1) is 15.7. The Hall–Kier alpha value is -2.75. The van der Waals surface area contributed by atoms with E-state index in [0.29, 0.717) is 35.1 Å². The Labute approximate surface area is 205 Å². The molecule has 0 spiro atoms. The number of para-hydroxylation sites is 1. The molecule has 4 rings (SSSR count). The van der Waals surface area contributed by atoms with Gasteiger partial charge in [0, 0.05) is 34.7 Å². The topological polar surface area (TPSA) is 36.1 Å². The summed E-state index contributed by atoms with van der Waals surface area (Å²) in [7, 11) is 0. The normalized spacial score (nSPS) is 11.7. The summed E-state index contributed by atoms with van der Waals surface area (Å²) in [5.74, 6) is -0.00364. The Kier molecular flexibility index (Phi) is 6.83. The number of carbonyl (C=O) groups is 1. The summed E-state index contributed by atoms with van der Waals surface area (Å²) >= 11 is 12.4. The predicted molar refractivity (Wildman–Crippen MR) is 138 cm³/mol. The molecule has 4 aromatic rings. The zero-order chi connectivity index (χ0) is 23.6. The molecule has 170 valence electrons. The number of fused-ring (bicyclic) bond motifs is 1. The van der Waals surface area contributed by atoms with E-state index in [0.717, 1.165) is 22.0 Å². The third-order valence-electron chi connectivity index (χ3n) is 5.89. The number of halogens is 2. The van der Waals surface area contributed by atoms with Gasteiger partial charge in [-0.1, -0.05) is 80.4 Å². The lowest BCUT2D eigenvalue weighted by Crippen LogP contribution is -2.32. The number of nitrogens with one attached hydrogen (secondary N) is 1. The van der Waals surface area contributed by atoms with Crippen molar-refractivity contribution in [1.82, 2.24) is 9.88 Å². The molecule has 0 fully saturated rings. The molecule has 3 nitrogen and oxygen atoms in total. The Morgan fingerprint density at radius 2 is 1.61 bits per heavy atom. The number of aromatic amines is 1. The van der Waals surface area contributed by atoms with Gasteiger partial charge in [-0.25, -0.2) is 0 Å². The van der Waals surface area contributed by atoms with Gasteiger partial charge in [-0.15, -0.1) is 0 Å². The van der Waals surface area contributed by atoms with Gasteiger partial charge < -0.3 is 9.88 Å². The fourth-order valence-corrected chi connectivity index (χ4v) is 4.61. The molecule has 1 N–H and O–H groups in total. The molecule has 1 heterocycles. The van der Waals surface area contributed by atoms with E-state index in [-0.39, 0.29) is 11.3 Å². The lowest BCUT2D eigenvalue weighted by Gasteiger charge is -2.24. The Balaban J connectivity index is 1.62. The summed E-state index contributed by atoms with van der Waals surface area (Å²) in [6.07, 6.45) is 2.53. The van der Waals surface area contributed by atoms with E-state index in [1.54, 1.807) is 6.07 Å². The zero-order valence-electron chi connectivity index (χ0n) is 19.2. The van der Waals surface area contributed by atoms with E-state index >= 15 is 0 Å². The van der Waals surface area contributed by atoms with Gasteiger partial charge in [-0.2, -0.15) is 0 Å². The first-order valence-corrected chi connectivity index (χ1v) is 11.9. The molecule has 0 aliphatic heterocycles. The molecule has 0 aliphatic rings. The summed E-state index contributed by atoms with van der Waals surface area (Å²) in [5, 5.41) is 2.23. The summed E-state index contributed by atoms with van der Waals surface area (Å²) < 4.78 is 0. The average molecular weight is 479 g/mol. The van der Waals surface area contributed by atoms with Crippen LogP contribution in [0.3, 0.4) is 0 Å². The molecule has 0 saturated heterocycles. The van der Waals surface area contributed by atoms with Gasteiger partial charge >= 0.3 is 0 Å². The van der Waals surface area contributed by atoms with E-state index in [4.69, 9.17) is 23.2 Å². The zero-order valence-corrected chi connectivity index (χ0v) is 20.7. The number of carbonyl (C=O) groups excluding carboxylic acids is 1. The van der Waals surface area contributed by atoms with Crippen molar-refractivity contribution >= 4 is 40.0 Å². The van der Waals surface area contributed by atoms with Gasteiger partial charge in [0.1, 0.15) is 0 Å². The van der Waals surface area contributed by atoms with Crippen LogP contribution in [0.25, 0.3) is 10.9 Å². The predicted octanol–water partition coefficient (Wildman–Crippen LogP) is 7.66. The molecular weight excluding hydrogens is 451 g/mol. The van der Waals surface area contributed by atoms with E-state index in [1.165, 1.54) is 5.56 Å². The van der Waals surface area contributed by atoms with Crippen molar-refractivity contribution in [3.63, 3.8) is 0 Å². The second-order valence-electron chi connectivity index (χ2n) is 9.45. The molecule has 1 amide bonds. The molecule has 0 bridgehead atoms. The van der Waals surface area contributed by atoms with E-state index in [1.807, 2.05) is 47.5 Å². The first kappa shape index (κ1) is 23.4. The van der Waals surface area contributed by atoms with Crippen molar-refractivity contribution in [2.24, 2.45) is 0 Å². The fourth-order valence-electron chi connectivity index (χ4n) is 4.04. The van der Waals surface area contributed by atoms with Gasteiger partial charge in [0.25, 0.3) is 5.91 Å². The van der Waals surface area contributed by atoms with Crippen LogP contribution >= 0.6 is 23.2 Å². The van der Waals surface area contributed by atoms with Gasteiger partial charge in [0.15, 0.2) is 0 Å². The molecule has 5 heteroatoms. The summed E-state index contributed by atoms with van der Waals surface area (Å²) in [4.78, 5) is 18.8. The van der Waals surface area contributed by atoms with Gasteiger partial charge in [-0.3, -0.25) is 4.79 Å². The third-order valence-corrected chi connectivity index (χ3v) is 6.33. The van der Waals surface area contributed by atoms with Crippen LogP contribution in [-0.4, -0.2) is 22.3 Å². The van der Waals surface area contributed by atoms with Crippen molar-refractivity contribution in [1.29, 1.82) is 0 Å². The van der Waals surface area contributed by atoms with Crippen LogP contribution in [-0.2, 0) is 18.4 Å². The van der Waals surface area contributed by atoms with Gasteiger partial charge in [-0.05, 0) is 58.9 Å². The van der Waals surface area contributed by atoms with Gasteiger partial charge in [0.05, 0.1) is 11.1 Å². The number of hydrogen-bond donors (Lipinski definition) is 1. The number of hydrogen-bond acceptors (Lipinski definition) is 1. The Morgan fingerprint density at radius 1 is 0.909 bits per heavy atom. The smallest absolute Gasteiger partial charge is 0.256 e. The average Bonchev–Trinajstić information content (AvgIpc) is 3.24.